The van der Waals surface area contributed by atoms with Crippen molar-refractivity contribution in [1.82, 2.24) is 5.32 Å². The van der Waals surface area contributed by atoms with Crippen LogP contribution in [0.5, 0.6) is 0 Å². The lowest BCUT2D eigenvalue weighted by atomic mass is 10.2. The number of hydrogen-bond donors (Lipinski definition) is 2. The molecule has 1 heterocycles. The van der Waals surface area contributed by atoms with E-state index in [1.54, 1.807) is 7.05 Å². The van der Waals surface area contributed by atoms with Crippen molar-refractivity contribution in [2.24, 2.45) is 0 Å². The monoisotopic (exact) mass is 185 g/mol. The van der Waals surface area contributed by atoms with E-state index in [2.05, 4.69) is 5.32 Å². The second-order valence-electron chi connectivity index (χ2n) is 2.41. The van der Waals surface area contributed by atoms with Crippen LogP contribution in [0.2, 0.25) is 0 Å². The lowest BCUT2D eigenvalue weighted by Crippen LogP contribution is -2.19. The zero-order valence-electron chi connectivity index (χ0n) is 6.78. The topological polar surface area (TPSA) is 49.3 Å². The van der Waals surface area contributed by atoms with Gasteiger partial charge in [-0.15, -0.1) is 11.3 Å². The van der Waals surface area contributed by atoms with E-state index < -0.39 is 6.10 Å². The van der Waals surface area contributed by atoms with Crippen molar-refractivity contribution in [2.75, 3.05) is 7.05 Å². The Morgan fingerprint density at radius 2 is 2.58 bits per heavy atom. The molecule has 0 aromatic carbocycles. The second-order valence-corrected chi connectivity index (χ2v) is 3.39. The van der Waals surface area contributed by atoms with Crippen LogP contribution in [0.1, 0.15) is 17.4 Å². The largest absolute Gasteiger partial charge is 0.387 e. The lowest BCUT2D eigenvalue weighted by molar-refractivity contribution is -0.122. The maximum Gasteiger partial charge on any atom is 0.222 e. The average molecular weight is 185 g/mol. The summed E-state index contributed by atoms with van der Waals surface area (Å²) in [5.74, 6) is -0.143. The summed E-state index contributed by atoms with van der Waals surface area (Å²) in [6, 6.07) is 3.67. The normalized spacial score (nSPS) is 12.5. The van der Waals surface area contributed by atoms with Crippen molar-refractivity contribution in [3.05, 3.63) is 22.4 Å². The highest BCUT2D eigenvalue weighted by atomic mass is 32.1. The van der Waals surface area contributed by atoms with E-state index in [1.165, 1.54) is 11.3 Å². The summed E-state index contributed by atoms with van der Waals surface area (Å²) >= 11 is 1.45. The molecular formula is C8H11NO2S. The van der Waals surface area contributed by atoms with Crippen LogP contribution in [0, 0.1) is 0 Å². The maximum absolute atomic E-state index is 10.9. The van der Waals surface area contributed by atoms with E-state index >= 15 is 0 Å². The number of aliphatic hydroxyl groups is 1. The van der Waals surface area contributed by atoms with Gasteiger partial charge in [0.2, 0.25) is 5.91 Å². The Kier molecular flexibility index (Phi) is 3.25. The number of carbonyl (C=O) groups is 1. The van der Waals surface area contributed by atoms with Gasteiger partial charge in [-0.2, -0.15) is 0 Å². The summed E-state index contributed by atoms with van der Waals surface area (Å²) in [5.41, 5.74) is 0. The number of hydrogen-bond acceptors (Lipinski definition) is 3. The first-order chi connectivity index (χ1) is 5.74. The van der Waals surface area contributed by atoms with Gasteiger partial charge in [-0.1, -0.05) is 6.07 Å². The standard InChI is InChI=1S/C8H11NO2S/c1-9-8(11)5-6(10)7-3-2-4-12-7/h2-4,6,10H,5H2,1H3,(H,9,11)/t6-/m1/s1. The quantitative estimate of drug-likeness (QED) is 0.735. The predicted molar refractivity (Wildman–Crippen MR) is 48.0 cm³/mol. The van der Waals surface area contributed by atoms with Crippen LogP contribution in [0.15, 0.2) is 17.5 Å². The molecule has 1 rings (SSSR count). The number of rotatable bonds is 3. The van der Waals surface area contributed by atoms with Crippen molar-refractivity contribution in [2.45, 2.75) is 12.5 Å². The maximum atomic E-state index is 10.9. The summed E-state index contributed by atoms with van der Waals surface area (Å²) in [6.07, 6.45) is -0.526. The van der Waals surface area contributed by atoms with E-state index in [0.717, 1.165) is 4.88 Å². The molecule has 0 unspecified atom stereocenters. The Hall–Kier alpha value is -0.870. The molecule has 0 saturated carbocycles. The molecule has 1 aromatic rings. The highest BCUT2D eigenvalue weighted by molar-refractivity contribution is 7.10. The minimum Gasteiger partial charge on any atom is -0.387 e. The number of aliphatic hydroxyl groups excluding tert-OH is 1. The van der Waals surface area contributed by atoms with E-state index in [-0.39, 0.29) is 12.3 Å². The van der Waals surface area contributed by atoms with Crippen LogP contribution in [0.3, 0.4) is 0 Å². The molecule has 0 fully saturated rings. The van der Waals surface area contributed by atoms with Crippen molar-refractivity contribution in [1.29, 1.82) is 0 Å². The number of carbonyl (C=O) groups excluding carboxylic acids is 1. The molecule has 12 heavy (non-hydrogen) atoms. The van der Waals surface area contributed by atoms with Crippen molar-refractivity contribution >= 4 is 17.2 Å². The Bertz CT molecular complexity index is 246. The molecule has 0 aliphatic carbocycles. The molecule has 0 aliphatic rings. The molecule has 1 aromatic heterocycles. The van der Waals surface area contributed by atoms with Crippen LogP contribution in [0.4, 0.5) is 0 Å². The van der Waals surface area contributed by atoms with Gasteiger partial charge >= 0.3 is 0 Å². The summed E-state index contributed by atoms with van der Waals surface area (Å²) in [4.78, 5) is 11.7. The molecule has 1 amide bonds. The third-order valence-electron chi connectivity index (χ3n) is 1.53. The zero-order chi connectivity index (χ0) is 8.97. The van der Waals surface area contributed by atoms with Crippen LogP contribution in [-0.4, -0.2) is 18.1 Å². The van der Waals surface area contributed by atoms with Crippen LogP contribution < -0.4 is 5.32 Å². The summed E-state index contributed by atoms with van der Waals surface area (Å²) in [5, 5.41) is 13.8. The van der Waals surface area contributed by atoms with E-state index in [0.29, 0.717) is 0 Å². The predicted octanol–water partition coefficient (Wildman–Crippen LogP) is 0.918. The molecule has 4 heteroatoms. The third-order valence-corrected chi connectivity index (χ3v) is 2.50. The molecule has 1 atom stereocenters. The fourth-order valence-electron chi connectivity index (χ4n) is 0.859. The fourth-order valence-corrected chi connectivity index (χ4v) is 1.57. The fraction of sp³-hybridized carbons (Fsp3) is 0.375. The Balaban J connectivity index is 2.49. The molecule has 2 N–H and O–H groups in total. The molecule has 3 nitrogen and oxygen atoms in total. The minimum absolute atomic E-state index is 0.136. The van der Waals surface area contributed by atoms with Gasteiger partial charge in [0.15, 0.2) is 0 Å². The zero-order valence-corrected chi connectivity index (χ0v) is 7.60. The molecule has 0 bridgehead atoms. The molecule has 66 valence electrons. The summed E-state index contributed by atoms with van der Waals surface area (Å²) < 4.78 is 0. The van der Waals surface area contributed by atoms with Gasteiger partial charge in [-0.25, -0.2) is 0 Å². The van der Waals surface area contributed by atoms with Gasteiger partial charge in [0.1, 0.15) is 0 Å². The lowest BCUT2D eigenvalue weighted by Gasteiger charge is -2.05. The van der Waals surface area contributed by atoms with Gasteiger partial charge in [-0.3, -0.25) is 4.79 Å². The van der Waals surface area contributed by atoms with Crippen LogP contribution in [0.25, 0.3) is 0 Å². The highest BCUT2D eigenvalue weighted by Gasteiger charge is 2.11. The molecule has 0 saturated heterocycles. The average Bonchev–Trinajstić information content (AvgIpc) is 2.56. The smallest absolute Gasteiger partial charge is 0.222 e. The van der Waals surface area contributed by atoms with Gasteiger partial charge in [0, 0.05) is 11.9 Å². The Morgan fingerprint density at radius 3 is 3.08 bits per heavy atom. The number of thiophene rings is 1. The Morgan fingerprint density at radius 1 is 1.83 bits per heavy atom. The number of nitrogens with one attached hydrogen (secondary N) is 1. The van der Waals surface area contributed by atoms with Crippen molar-refractivity contribution in [3.63, 3.8) is 0 Å². The third kappa shape index (κ3) is 2.32. The van der Waals surface area contributed by atoms with E-state index in [4.69, 9.17) is 0 Å². The van der Waals surface area contributed by atoms with Gasteiger partial charge in [-0.05, 0) is 11.4 Å². The number of amides is 1. The molecular weight excluding hydrogens is 174 g/mol. The first-order valence-corrected chi connectivity index (χ1v) is 4.54. The van der Waals surface area contributed by atoms with Gasteiger partial charge in [0.25, 0.3) is 0 Å². The first kappa shape index (κ1) is 9.22. The SMILES string of the molecule is CNC(=O)C[C@@H](O)c1cccs1. The van der Waals surface area contributed by atoms with Crippen molar-refractivity contribution in [3.8, 4) is 0 Å². The van der Waals surface area contributed by atoms with E-state index in [9.17, 15) is 9.90 Å². The second kappa shape index (κ2) is 4.23. The molecule has 0 radical (unpaired) electrons. The first-order valence-electron chi connectivity index (χ1n) is 3.66. The van der Waals surface area contributed by atoms with Gasteiger partial charge in [0.05, 0.1) is 12.5 Å². The van der Waals surface area contributed by atoms with E-state index in [1.807, 2.05) is 17.5 Å². The highest BCUT2D eigenvalue weighted by Crippen LogP contribution is 2.21. The van der Waals surface area contributed by atoms with Crippen molar-refractivity contribution < 1.29 is 9.90 Å². The van der Waals surface area contributed by atoms with Crippen LogP contribution >= 0.6 is 11.3 Å². The molecule has 0 spiro atoms. The molecule has 0 aliphatic heterocycles. The Labute approximate surface area is 75.0 Å². The van der Waals surface area contributed by atoms with Crippen LogP contribution in [-0.2, 0) is 4.79 Å². The summed E-state index contributed by atoms with van der Waals surface area (Å²) in [7, 11) is 1.56. The summed E-state index contributed by atoms with van der Waals surface area (Å²) in [6.45, 7) is 0. The van der Waals surface area contributed by atoms with Gasteiger partial charge < -0.3 is 10.4 Å². The minimum atomic E-state index is -0.662.